The zero-order chi connectivity index (χ0) is 23.4. The second kappa shape index (κ2) is 10.2. The van der Waals surface area contributed by atoms with E-state index in [1.807, 2.05) is 4.90 Å². The summed E-state index contributed by atoms with van der Waals surface area (Å²) in [6.45, 7) is 6.26. The van der Waals surface area contributed by atoms with Crippen LogP contribution in [0, 0.1) is 28.5 Å². The second-order valence-corrected chi connectivity index (χ2v) is 10.2. The van der Waals surface area contributed by atoms with Gasteiger partial charge in [0.1, 0.15) is 5.82 Å². The van der Waals surface area contributed by atoms with Crippen molar-refractivity contribution in [3.05, 3.63) is 41.7 Å². The Balaban J connectivity index is 1.51. The molecule has 1 aromatic rings. The zero-order valence-corrected chi connectivity index (χ0v) is 19.9. The number of fused-ring (bicyclic) bond motifs is 1. The minimum atomic E-state index is -0.269. The molecular formula is C27H37FN4O. The van der Waals surface area contributed by atoms with Crippen molar-refractivity contribution in [2.45, 2.75) is 71.3 Å². The monoisotopic (exact) mass is 452 g/mol. The van der Waals surface area contributed by atoms with Crippen molar-refractivity contribution in [3.63, 3.8) is 0 Å². The third-order valence-electron chi connectivity index (χ3n) is 7.96. The van der Waals surface area contributed by atoms with Gasteiger partial charge in [0.05, 0.1) is 5.69 Å². The van der Waals surface area contributed by atoms with Crippen LogP contribution in [-0.4, -0.2) is 42.0 Å². The molecule has 0 aromatic heterocycles. The van der Waals surface area contributed by atoms with Crippen LogP contribution in [0.3, 0.4) is 0 Å². The molecule has 2 aliphatic carbocycles. The van der Waals surface area contributed by atoms with Crippen LogP contribution < -0.4 is 5.32 Å². The summed E-state index contributed by atoms with van der Waals surface area (Å²) in [5, 5.41) is 11.4. The van der Waals surface area contributed by atoms with Crippen LogP contribution in [-0.2, 0) is 0 Å². The summed E-state index contributed by atoms with van der Waals surface area (Å²) >= 11 is 0. The van der Waals surface area contributed by atoms with Crippen molar-refractivity contribution in [1.29, 1.82) is 5.41 Å². The summed E-state index contributed by atoms with van der Waals surface area (Å²) in [4.78, 5) is 19.5. The zero-order valence-electron chi connectivity index (χ0n) is 19.9. The van der Waals surface area contributed by atoms with E-state index in [-0.39, 0.29) is 29.2 Å². The summed E-state index contributed by atoms with van der Waals surface area (Å²) in [5.41, 5.74) is 3.06. The summed E-state index contributed by atoms with van der Waals surface area (Å²) in [7, 11) is 0. The van der Waals surface area contributed by atoms with Gasteiger partial charge in [-0.15, -0.1) is 0 Å². The number of benzene rings is 1. The van der Waals surface area contributed by atoms with Gasteiger partial charge in [0.2, 0.25) is 0 Å². The number of carbonyl (C=O) groups excluding carboxylic acids is 1. The number of rotatable bonds is 7. The molecule has 2 amide bonds. The predicted octanol–water partition coefficient (Wildman–Crippen LogP) is 6.27. The minimum absolute atomic E-state index is 0.0222. The Labute approximate surface area is 197 Å². The van der Waals surface area contributed by atoms with Gasteiger partial charge in [-0.2, -0.15) is 0 Å². The van der Waals surface area contributed by atoms with Gasteiger partial charge in [0.15, 0.2) is 0 Å². The van der Waals surface area contributed by atoms with Crippen molar-refractivity contribution in [2.24, 2.45) is 22.2 Å². The van der Waals surface area contributed by atoms with Gasteiger partial charge in [0.25, 0.3) is 0 Å². The molecule has 33 heavy (non-hydrogen) atoms. The Morgan fingerprint density at radius 3 is 2.73 bits per heavy atom. The molecule has 1 heterocycles. The Morgan fingerprint density at radius 2 is 2.06 bits per heavy atom. The number of allylic oxidation sites excluding steroid dienone is 2. The van der Waals surface area contributed by atoms with Crippen LogP contribution in [0.2, 0.25) is 0 Å². The molecule has 6 heteroatoms. The highest BCUT2D eigenvalue weighted by Gasteiger charge is 2.47. The number of urea groups is 1. The third-order valence-corrected chi connectivity index (χ3v) is 7.96. The Hall–Kier alpha value is -2.50. The van der Waals surface area contributed by atoms with E-state index in [9.17, 15) is 9.18 Å². The normalized spacial score (nSPS) is 29.0. The molecule has 4 rings (SSSR count). The molecule has 5 nitrogen and oxygen atoms in total. The lowest BCUT2D eigenvalue weighted by molar-refractivity contribution is 0.185. The van der Waals surface area contributed by atoms with Gasteiger partial charge in [-0.1, -0.05) is 25.8 Å². The highest BCUT2D eigenvalue weighted by molar-refractivity contribution is 6.07. The molecule has 1 saturated heterocycles. The van der Waals surface area contributed by atoms with Crippen molar-refractivity contribution in [3.8, 4) is 0 Å². The number of likely N-dealkylation sites (tertiary alicyclic amines) is 1. The first kappa shape index (κ1) is 23.7. The van der Waals surface area contributed by atoms with E-state index in [1.54, 1.807) is 12.1 Å². The first-order valence-corrected chi connectivity index (χ1v) is 12.5. The van der Waals surface area contributed by atoms with Crippen molar-refractivity contribution < 1.29 is 9.18 Å². The third kappa shape index (κ3) is 5.20. The number of carbonyl (C=O) groups is 1. The number of halogens is 1. The van der Waals surface area contributed by atoms with Crippen LogP contribution in [0.4, 0.5) is 14.9 Å². The highest BCUT2D eigenvalue weighted by atomic mass is 19.1. The average Bonchev–Trinajstić information content (AvgIpc) is 3.44. The Kier molecular flexibility index (Phi) is 7.30. The van der Waals surface area contributed by atoms with E-state index in [1.165, 1.54) is 23.9 Å². The molecule has 178 valence electrons. The van der Waals surface area contributed by atoms with E-state index < -0.39 is 0 Å². The molecule has 0 spiro atoms. The molecular weight excluding hydrogens is 415 g/mol. The predicted molar refractivity (Wildman–Crippen MR) is 132 cm³/mol. The van der Waals surface area contributed by atoms with Crippen LogP contribution in [0.15, 0.2) is 40.9 Å². The lowest BCUT2D eigenvalue weighted by Gasteiger charge is -2.40. The molecule has 4 atom stereocenters. The van der Waals surface area contributed by atoms with E-state index in [2.05, 4.69) is 25.2 Å². The molecule has 2 N–H and O–H groups in total. The quantitative estimate of drug-likeness (QED) is 0.470. The average molecular weight is 453 g/mol. The molecule has 1 aromatic carbocycles. The molecule has 1 saturated carbocycles. The topological polar surface area (TPSA) is 68.5 Å². The van der Waals surface area contributed by atoms with Crippen molar-refractivity contribution in [2.75, 3.05) is 13.1 Å². The van der Waals surface area contributed by atoms with E-state index in [0.717, 1.165) is 75.9 Å². The Morgan fingerprint density at radius 1 is 1.33 bits per heavy atom. The van der Waals surface area contributed by atoms with E-state index in [4.69, 9.17) is 10.4 Å². The number of amides is 2. The van der Waals surface area contributed by atoms with Crippen molar-refractivity contribution >= 4 is 23.6 Å². The number of hydrogen-bond donors (Lipinski definition) is 2. The molecule has 0 radical (unpaired) electrons. The summed E-state index contributed by atoms with van der Waals surface area (Å²) in [5.74, 6) is 0.163. The largest absolute Gasteiger partial charge is 0.335 e. The summed E-state index contributed by atoms with van der Waals surface area (Å²) in [6.07, 6.45) is 12.0. The summed E-state index contributed by atoms with van der Waals surface area (Å²) in [6, 6.07) is 6.51. The molecule has 3 aliphatic rings. The van der Waals surface area contributed by atoms with Gasteiger partial charge < -0.3 is 15.6 Å². The van der Waals surface area contributed by atoms with Gasteiger partial charge in [-0.05, 0) is 86.6 Å². The fourth-order valence-corrected chi connectivity index (χ4v) is 6.01. The maximum atomic E-state index is 13.3. The number of nitrogens with one attached hydrogen (secondary N) is 2. The van der Waals surface area contributed by atoms with Crippen molar-refractivity contribution in [1.82, 2.24) is 10.2 Å². The standard InChI is InChI=1S/C27H37FN4O/c1-3-6-24(31-26(33)32-13-4-5-14-32)15-20-7-8-21-16-25(19(18-29)17-27(20,21)2)30-23-11-9-22(28)10-12-23/h9-12,16,18-20,24,29H,3-8,13-15,17H2,1-2H3,(H,31,33). The van der Waals surface area contributed by atoms with E-state index >= 15 is 0 Å². The smallest absolute Gasteiger partial charge is 0.317 e. The number of aliphatic imine (C=N–C) groups is 1. The first-order chi connectivity index (χ1) is 15.9. The maximum absolute atomic E-state index is 13.3. The fourth-order valence-electron chi connectivity index (χ4n) is 6.01. The number of hydrogen-bond acceptors (Lipinski definition) is 3. The lowest BCUT2D eigenvalue weighted by atomic mass is 9.65. The van der Waals surface area contributed by atoms with Gasteiger partial charge in [0, 0.05) is 37.0 Å². The lowest BCUT2D eigenvalue weighted by Crippen LogP contribution is -2.45. The molecule has 0 bridgehead atoms. The minimum Gasteiger partial charge on any atom is -0.335 e. The second-order valence-electron chi connectivity index (χ2n) is 10.2. The molecule has 2 fully saturated rings. The van der Waals surface area contributed by atoms with Crippen LogP contribution in [0.5, 0.6) is 0 Å². The van der Waals surface area contributed by atoms with Crippen LogP contribution >= 0.6 is 0 Å². The van der Waals surface area contributed by atoms with Gasteiger partial charge >= 0.3 is 6.03 Å². The maximum Gasteiger partial charge on any atom is 0.317 e. The fraction of sp³-hybridized carbons (Fsp3) is 0.593. The highest BCUT2D eigenvalue weighted by Crippen LogP contribution is 2.55. The molecule has 1 aliphatic heterocycles. The van der Waals surface area contributed by atoms with Gasteiger partial charge in [-0.25, -0.2) is 9.18 Å². The first-order valence-electron chi connectivity index (χ1n) is 12.5. The summed E-state index contributed by atoms with van der Waals surface area (Å²) < 4.78 is 13.3. The van der Waals surface area contributed by atoms with Crippen LogP contribution in [0.1, 0.15) is 65.2 Å². The molecule has 4 unspecified atom stereocenters. The SMILES string of the molecule is CCCC(CC1CCC2=CC(=Nc3ccc(F)cc3)C(C=N)CC21C)NC(=O)N1CCCC1. The number of nitrogens with zero attached hydrogens (tertiary/aromatic N) is 2. The van der Waals surface area contributed by atoms with E-state index in [0.29, 0.717) is 5.92 Å². The Bertz CT molecular complexity index is 919. The van der Waals surface area contributed by atoms with Gasteiger partial charge in [-0.3, -0.25) is 4.99 Å². The van der Waals surface area contributed by atoms with Crippen LogP contribution in [0.25, 0.3) is 0 Å².